The second kappa shape index (κ2) is 10.5. The molecule has 2 rings (SSSR count). The van der Waals surface area contributed by atoms with Gasteiger partial charge in [-0.15, -0.1) is 0 Å². The van der Waals surface area contributed by atoms with Crippen LogP contribution in [0.2, 0.25) is 0 Å². The van der Waals surface area contributed by atoms with Crippen LogP contribution in [0.4, 0.5) is 0 Å². The minimum atomic E-state index is -1.13. The normalized spacial score (nSPS) is 31.4. The molecule has 30 heavy (non-hydrogen) atoms. The number of esters is 3. The first kappa shape index (κ1) is 23.8. The summed E-state index contributed by atoms with van der Waals surface area (Å²) < 4.78 is 16.7. The number of ether oxygens (including phenoxy) is 3. The summed E-state index contributed by atoms with van der Waals surface area (Å²) in [5.41, 5.74) is 1.06. The average molecular weight is 422 g/mol. The van der Waals surface area contributed by atoms with Crippen molar-refractivity contribution >= 4 is 17.9 Å². The summed E-state index contributed by atoms with van der Waals surface area (Å²) in [7, 11) is 0. The standard InChI is InChI=1S/C22H30O8/c1-5-12(2)21(26)30-20-18-13(3)22(27)29-17(18)9-15(10-23)7-6-8-16(11-24)19(20)28-14(4)25/h8-9,12,17-20,23-24H,3,5-7,10-11H2,1-2,4H3/b15-9-,16-8-/t12-,17-,18+,19+,20+/m1/s1. The van der Waals surface area contributed by atoms with Crippen molar-refractivity contribution < 1.29 is 38.8 Å². The van der Waals surface area contributed by atoms with E-state index in [1.165, 1.54) is 6.92 Å². The monoisotopic (exact) mass is 422 g/mol. The van der Waals surface area contributed by atoms with Gasteiger partial charge in [-0.1, -0.05) is 26.5 Å². The topological polar surface area (TPSA) is 119 Å². The van der Waals surface area contributed by atoms with Crippen molar-refractivity contribution in [2.24, 2.45) is 11.8 Å². The fourth-order valence-corrected chi connectivity index (χ4v) is 3.56. The fourth-order valence-electron chi connectivity index (χ4n) is 3.56. The smallest absolute Gasteiger partial charge is 0.334 e. The lowest BCUT2D eigenvalue weighted by molar-refractivity contribution is -0.171. The number of hydrogen-bond donors (Lipinski definition) is 2. The number of carbonyl (C=O) groups excluding carboxylic acids is 3. The van der Waals surface area contributed by atoms with Crippen molar-refractivity contribution in [3.8, 4) is 0 Å². The number of carbonyl (C=O) groups is 3. The summed E-state index contributed by atoms with van der Waals surface area (Å²) in [5.74, 6) is -3.07. The predicted molar refractivity (Wildman–Crippen MR) is 107 cm³/mol. The molecule has 8 nitrogen and oxygen atoms in total. The van der Waals surface area contributed by atoms with E-state index in [2.05, 4.69) is 6.58 Å². The predicted octanol–water partition coefficient (Wildman–Crippen LogP) is 1.60. The molecule has 0 amide bonds. The molecular weight excluding hydrogens is 392 g/mol. The summed E-state index contributed by atoms with van der Waals surface area (Å²) in [5, 5.41) is 19.6. The maximum Gasteiger partial charge on any atom is 0.334 e. The first-order chi connectivity index (χ1) is 14.2. The molecular formula is C22H30O8. The lowest BCUT2D eigenvalue weighted by Gasteiger charge is -2.34. The molecule has 0 aromatic rings. The van der Waals surface area contributed by atoms with Crippen LogP contribution in [0.3, 0.4) is 0 Å². The van der Waals surface area contributed by atoms with Gasteiger partial charge < -0.3 is 24.4 Å². The zero-order valence-electron chi connectivity index (χ0n) is 17.6. The van der Waals surface area contributed by atoms with Crippen molar-refractivity contribution in [3.63, 3.8) is 0 Å². The second-order valence-electron chi connectivity index (χ2n) is 7.62. The molecule has 166 valence electrons. The number of rotatable bonds is 6. The highest BCUT2D eigenvalue weighted by Crippen LogP contribution is 2.37. The van der Waals surface area contributed by atoms with Crippen LogP contribution in [-0.4, -0.2) is 59.6 Å². The van der Waals surface area contributed by atoms with Crippen LogP contribution in [0, 0.1) is 11.8 Å². The molecule has 0 aromatic heterocycles. The van der Waals surface area contributed by atoms with E-state index in [0.717, 1.165) is 0 Å². The molecule has 1 aliphatic heterocycles. The summed E-state index contributed by atoms with van der Waals surface area (Å²) >= 11 is 0. The Kier molecular flexibility index (Phi) is 8.37. The van der Waals surface area contributed by atoms with Gasteiger partial charge in [0.05, 0.1) is 25.0 Å². The molecule has 0 saturated carbocycles. The lowest BCUT2D eigenvalue weighted by Crippen LogP contribution is -2.46. The first-order valence-electron chi connectivity index (χ1n) is 10.1. The van der Waals surface area contributed by atoms with Crippen molar-refractivity contribution in [2.45, 2.75) is 58.3 Å². The van der Waals surface area contributed by atoms with Crippen LogP contribution >= 0.6 is 0 Å². The molecule has 8 heteroatoms. The van der Waals surface area contributed by atoms with Gasteiger partial charge in [0, 0.05) is 12.5 Å². The van der Waals surface area contributed by atoms with Crippen molar-refractivity contribution in [1.82, 2.24) is 0 Å². The zero-order chi connectivity index (χ0) is 22.4. The third kappa shape index (κ3) is 5.37. The average Bonchev–Trinajstić information content (AvgIpc) is 2.99. The molecule has 1 saturated heterocycles. The molecule has 5 atom stereocenters. The number of allylic oxidation sites excluding steroid dienone is 1. The molecule has 0 spiro atoms. The summed E-state index contributed by atoms with van der Waals surface area (Å²) in [4.78, 5) is 36.8. The number of hydrogen-bond acceptors (Lipinski definition) is 8. The fraction of sp³-hybridized carbons (Fsp3) is 0.591. The van der Waals surface area contributed by atoms with Crippen molar-refractivity contribution in [3.05, 3.63) is 35.5 Å². The van der Waals surface area contributed by atoms with E-state index in [1.54, 1.807) is 19.1 Å². The highest BCUT2D eigenvalue weighted by molar-refractivity contribution is 5.91. The third-order valence-corrected chi connectivity index (χ3v) is 5.50. The zero-order valence-corrected chi connectivity index (χ0v) is 17.6. The Morgan fingerprint density at radius 1 is 1.30 bits per heavy atom. The molecule has 1 aliphatic carbocycles. The highest BCUT2D eigenvalue weighted by Gasteiger charge is 2.49. The summed E-state index contributed by atoms with van der Waals surface area (Å²) in [6, 6.07) is 0. The Labute approximate surface area is 176 Å². The van der Waals surface area contributed by atoms with Gasteiger partial charge in [0.15, 0.2) is 12.2 Å². The van der Waals surface area contributed by atoms with Gasteiger partial charge in [-0.05, 0) is 36.5 Å². The van der Waals surface area contributed by atoms with Gasteiger partial charge in [0.1, 0.15) is 6.10 Å². The highest BCUT2D eigenvalue weighted by atomic mass is 16.6. The van der Waals surface area contributed by atoms with Crippen LogP contribution < -0.4 is 0 Å². The van der Waals surface area contributed by atoms with Gasteiger partial charge >= 0.3 is 17.9 Å². The Morgan fingerprint density at radius 2 is 2.00 bits per heavy atom. The van der Waals surface area contributed by atoms with Gasteiger partial charge in [0.2, 0.25) is 0 Å². The number of aliphatic hydroxyl groups excluding tert-OH is 2. The van der Waals surface area contributed by atoms with Crippen LogP contribution in [0.1, 0.15) is 40.0 Å². The minimum Gasteiger partial charge on any atom is -0.457 e. The Hall–Kier alpha value is -2.45. The van der Waals surface area contributed by atoms with E-state index >= 15 is 0 Å². The van der Waals surface area contributed by atoms with E-state index in [0.29, 0.717) is 30.4 Å². The van der Waals surface area contributed by atoms with Crippen molar-refractivity contribution in [2.75, 3.05) is 13.2 Å². The molecule has 1 heterocycles. The van der Waals surface area contributed by atoms with Gasteiger partial charge in [-0.2, -0.15) is 0 Å². The lowest BCUT2D eigenvalue weighted by atomic mass is 9.83. The maximum atomic E-state index is 12.7. The Balaban J connectivity index is 2.61. The molecule has 2 aliphatic rings. The Bertz CT molecular complexity index is 750. The molecule has 0 bridgehead atoms. The SMILES string of the molecule is C=C1C(=O)O[C@@H]2/C=C(\CO)CC/C=C(/CO)[C@H](OC(C)=O)[C@@H](OC(=O)[C@H](C)CC)[C@@H]12. The van der Waals surface area contributed by atoms with Gasteiger partial charge in [-0.25, -0.2) is 4.79 Å². The third-order valence-electron chi connectivity index (χ3n) is 5.50. The van der Waals surface area contributed by atoms with Crippen LogP contribution in [-0.2, 0) is 28.6 Å². The summed E-state index contributed by atoms with van der Waals surface area (Å²) in [6.07, 6.45) is 1.67. The van der Waals surface area contributed by atoms with Crippen LogP contribution in [0.25, 0.3) is 0 Å². The number of aliphatic hydroxyl groups is 2. The molecule has 2 N–H and O–H groups in total. The van der Waals surface area contributed by atoms with E-state index in [9.17, 15) is 24.6 Å². The summed E-state index contributed by atoms with van der Waals surface area (Å²) in [6.45, 7) is 7.89. The van der Waals surface area contributed by atoms with E-state index in [1.807, 2.05) is 6.92 Å². The van der Waals surface area contributed by atoms with Crippen LogP contribution in [0.5, 0.6) is 0 Å². The molecule has 0 unspecified atom stereocenters. The largest absolute Gasteiger partial charge is 0.457 e. The first-order valence-corrected chi connectivity index (χ1v) is 10.1. The Morgan fingerprint density at radius 3 is 2.57 bits per heavy atom. The van der Waals surface area contributed by atoms with E-state index in [-0.39, 0.29) is 12.2 Å². The molecule has 1 fully saturated rings. The quantitative estimate of drug-likeness (QED) is 0.287. The maximum absolute atomic E-state index is 12.7. The second-order valence-corrected chi connectivity index (χ2v) is 7.62. The minimum absolute atomic E-state index is 0.0745. The van der Waals surface area contributed by atoms with Gasteiger partial charge in [-0.3, -0.25) is 9.59 Å². The molecule has 0 radical (unpaired) electrons. The molecule has 0 aromatic carbocycles. The van der Waals surface area contributed by atoms with E-state index < -0.39 is 54.7 Å². The van der Waals surface area contributed by atoms with Crippen LogP contribution in [0.15, 0.2) is 35.5 Å². The van der Waals surface area contributed by atoms with Gasteiger partial charge in [0.25, 0.3) is 0 Å². The van der Waals surface area contributed by atoms with Crippen molar-refractivity contribution in [1.29, 1.82) is 0 Å². The van der Waals surface area contributed by atoms with E-state index in [4.69, 9.17) is 14.2 Å². The number of fused-ring (bicyclic) bond motifs is 1.